The Hall–Kier alpha value is -3.81. The van der Waals surface area contributed by atoms with Crippen LogP contribution in [0.3, 0.4) is 0 Å². The summed E-state index contributed by atoms with van der Waals surface area (Å²) in [5, 5.41) is 1.68. The zero-order valence-electron chi connectivity index (χ0n) is 18.7. The second kappa shape index (κ2) is 8.85. The molecule has 2 aromatic heterocycles. The maximum Gasteiger partial charge on any atom is 0.227 e. The van der Waals surface area contributed by atoms with Gasteiger partial charge in [0.15, 0.2) is 23.3 Å². The van der Waals surface area contributed by atoms with Gasteiger partial charge in [0.25, 0.3) is 0 Å². The van der Waals surface area contributed by atoms with E-state index >= 15 is 0 Å². The van der Waals surface area contributed by atoms with Gasteiger partial charge >= 0.3 is 0 Å². The van der Waals surface area contributed by atoms with E-state index in [4.69, 9.17) is 4.42 Å². The van der Waals surface area contributed by atoms with Crippen LogP contribution in [0.15, 0.2) is 45.8 Å². The monoisotopic (exact) mass is 470 g/mol. The fourth-order valence-electron chi connectivity index (χ4n) is 3.89. The molecule has 2 aromatic carbocycles. The molecule has 0 saturated carbocycles. The van der Waals surface area contributed by atoms with E-state index in [9.17, 15) is 22.0 Å². The lowest BCUT2D eigenvalue weighted by Crippen LogP contribution is -2.07. The lowest BCUT2D eigenvalue weighted by atomic mass is 9.97. The zero-order valence-corrected chi connectivity index (χ0v) is 18.7. The molecular formula is C26H19F5N2O. The van der Waals surface area contributed by atoms with E-state index < -0.39 is 34.6 Å². The van der Waals surface area contributed by atoms with E-state index in [1.54, 1.807) is 6.92 Å². The molecule has 0 aliphatic carbocycles. The summed E-state index contributed by atoms with van der Waals surface area (Å²) in [5.74, 6) is -10.1. The Bertz CT molecular complexity index is 1520. The number of furan rings is 1. The molecule has 174 valence electrons. The summed E-state index contributed by atoms with van der Waals surface area (Å²) in [6, 6.07) is 7.62. The minimum absolute atomic E-state index is 0.277. The van der Waals surface area contributed by atoms with Crippen molar-refractivity contribution in [2.75, 3.05) is 7.05 Å². The largest absolute Gasteiger partial charge is 0.437 e. The standard InChI is InChI=1S/C26H19F5N2O/c1-12(5-8-15(11-32-4)19-20(27)22(29)24(31)23(30)21(19)28)18-13(2)6-9-16-17-10-7-14(3)33-26(17)34-25(16)18/h5-11H,1-4H3/b12-5+,15-8+,32-11+. The predicted molar refractivity (Wildman–Crippen MR) is 123 cm³/mol. The Balaban J connectivity index is 1.92. The summed E-state index contributed by atoms with van der Waals surface area (Å²) in [6.07, 6.45) is 3.80. The molecule has 0 N–H and O–H groups in total. The summed E-state index contributed by atoms with van der Waals surface area (Å²) in [4.78, 5) is 8.13. The van der Waals surface area contributed by atoms with Gasteiger partial charge in [-0.15, -0.1) is 0 Å². The van der Waals surface area contributed by atoms with Crippen molar-refractivity contribution in [1.29, 1.82) is 0 Å². The van der Waals surface area contributed by atoms with Crippen molar-refractivity contribution in [3.05, 3.63) is 87.9 Å². The molecule has 4 rings (SSSR count). The third-order valence-corrected chi connectivity index (χ3v) is 5.53. The van der Waals surface area contributed by atoms with Crippen LogP contribution >= 0.6 is 0 Å². The number of halogens is 5. The van der Waals surface area contributed by atoms with Gasteiger partial charge < -0.3 is 4.42 Å². The minimum atomic E-state index is -2.21. The van der Waals surface area contributed by atoms with Crippen LogP contribution in [0, 0.1) is 42.9 Å². The molecule has 0 unspecified atom stereocenters. The lowest BCUT2D eigenvalue weighted by molar-refractivity contribution is 0.376. The molecule has 0 amide bonds. The Kier molecular flexibility index (Phi) is 6.08. The molecule has 3 nitrogen and oxygen atoms in total. The van der Waals surface area contributed by atoms with Gasteiger partial charge in [-0.25, -0.2) is 26.9 Å². The number of hydrogen-bond donors (Lipinski definition) is 0. The molecule has 0 bridgehead atoms. The van der Waals surface area contributed by atoms with Crippen molar-refractivity contribution in [3.63, 3.8) is 0 Å². The molecule has 0 saturated heterocycles. The summed E-state index contributed by atoms with van der Waals surface area (Å²) in [5.41, 5.74) is 2.77. The number of rotatable bonds is 4. The van der Waals surface area contributed by atoms with Gasteiger partial charge in [0.1, 0.15) is 5.58 Å². The number of allylic oxidation sites excluding steroid dienone is 4. The van der Waals surface area contributed by atoms with Gasteiger partial charge in [0.05, 0.1) is 5.56 Å². The number of pyridine rings is 1. The molecule has 4 aromatic rings. The molecular weight excluding hydrogens is 451 g/mol. The highest BCUT2D eigenvalue weighted by Gasteiger charge is 2.27. The van der Waals surface area contributed by atoms with Gasteiger partial charge in [-0.2, -0.15) is 0 Å². The van der Waals surface area contributed by atoms with E-state index in [0.29, 0.717) is 16.9 Å². The molecule has 34 heavy (non-hydrogen) atoms. The van der Waals surface area contributed by atoms with Gasteiger partial charge in [-0.1, -0.05) is 24.3 Å². The van der Waals surface area contributed by atoms with Crippen molar-refractivity contribution in [3.8, 4) is 0 Å². The van der Waals surface area contributed by atoms with Crippen LogP contribution in [0.4, 0.5) is 22.0 Å². The Morgan fingerprint density at radius 3 is 2.09 bits per heavy atom. The predicted octanol–water partition coefficient (Wildman–Crippen LogP) is 7.48. The molecule has 0 spiro atoms. The van der Waals surface area contributed by atoms with Gasteiger partial charge in [0, 0.05) is 40.9 Å². The van der Waals surface area contributed by atoms with Crippen LogP contribution in [-0.4, -0.2) is 18.2 Å². The quantitative estimate of drug-likeness (QED) is 0.102. The van der Waals surface area contributed by atoms with E-state index in [1.807, 2.05) is 38.1 Å². The van der Waals surface area contributed by atoms with Crippen LogP contribution in [0.1, 0.15) is 29.3 Å². The Morgan fingerprint density at radius 2 is 1.44 bits per heavy atom. The fraction of sp³-hybridized carbons (Fsp3) is 0.154. The zero-order chi connectivity index (χ0) is 24.7. The second-order valence-corrected chi connectivity index (χ2v) is 7.85. The van der Waals surface area contributed by atoms with Crippen molar-refractivity contribution in [1.82, 2.24) is 4.98 Å². The number of nitrogens with zero attached hydrogens (tertiary/aromatic N) is 2. The van der Waals surface area contributed by atoms with Gasteiger partial charge in [-0.3, -0.25) is 4.99 Å². The van der Waals surface area contributed by atoms with Crippen molar-refractivity contribution < 1.29 is 26.4 Å². The summed E-state index contributed by atoms with van der Waals surface area (Å²) < 4.78 is 75.8. The van der Waals surface area contributed by atoms with Crippen LogP contribution in [0.25, 0.3) is 33.2 Å². The number of aromatic nitrogens is 1. The van der Waals surface area contributed by atoms with E-state index in [2.05, 4.69) is 9.98 Å². The van der Waals surface area contributed by atoms with Crippen molar-refractivity contribution in [2.24, 2.45) is 4.99 Å². The maximum atomic E-state index is 14.4. The Labute approximate surface area is 191 Å². The number of aliphatic imine (C=N–C) groups is 1. The highest BCUT2D eigenvalue weighted by atomic mass is 19.2. The SMILES string of the molecule is C/N=C/C(=C\C=C(/C)c1c(C)ccc2c1oc1nc(C)ccc12)c1c(F)c(F)c(F)c(F)c1F. The summed E-state index contributed by atoms with van der Waals surface area (Å²) >= 11 is 0. The van der Waals surface area contributed by atoms with Crippen LogP contribution in [-0.2, 0) is 0 Å². The minimum Gasteiger partial charge on any atom is -0.437 e. The lowest BCUT2D eigenvalue weighted by Gasteiger charge is -2.09. The topological polar surface area (TPSA) is 38.4 Å². The molecule has 0 aliphatic rings. The number of aryl methyl sites for hydroxylation is 2. The van der Waals surface area contributed by atoms with E-state index in [-0.39, 0.29) is 5.57 Å². The van der Waals surface area contributed by atoms with Crippen LogP contribution in [0.5, 0.6) is 0 Å². The Morgan fingerprint density at radius 1 is 0.824 bits per heavy atom. The number of hydrogen-bond acceptors (Lipinski definition) is 3. The number of benzene rings is 2. The third kappa shape index (κ3) is 3.79. The molecule has 0 atom stereocenters. The van der Waals surface area contributed by atoms with E-state index in [0.717, 1.165) is 33.8 Å². The van der Waals surface area contributed by atoms with Crippen LogP contribution in [0.2, 0.25) is 0 Å². The first-order valence-corrected chi connectivity index (χ1v) is 10.3. The number of fused-ring (bicyclic) bond motifs is 3. The summed E-state index contributed by atoms with van der Waals surface area (Å²) in [7, 11) is 1.32. The van der Waals surface area contributed by atoms with Gasteiger partial charge in [-0.05, 0) is 44.0 Å². The fourth-order valence-corrected chi connectivity index (χ4v) is 3.89. The van der Waals surface area contributed by atoms with Crippen molar-refractivity contribution >= 4 is 39.4 Å². The first-order valence-electron chi connectivity index (χ1n) is 10.3. The normalized spacial score (nSPS) is 13.1. The molecule has 2 heterocycles. The maximum absolute atomic E-state index is 14.4. The molecule has 8 heteroatoms. The van der Waals surface area contributed by atoms with Crippen molar-refractivity contribution in [2.45, 2.75) is 20.8 Å². The van der Waals surface area contributed by atoms with Gasteiger partial charge in [0.2, 0.25) is 11.5 Å². The molecule has 0 aliphatic heterocycles. The molecule has 0 radical (unpaired) electrons. The average Bonchev–Trinajstić information content (AvgIpc) is 3.16. The highest BCUT2D eigenvalue weighted by molar-refractivity contribution is 6.11. The first kappa shape index (κ1) is 23.4. The average molecular weight is 470 g/mol. The second-order valence-electron chi connectivity index (χ2n) is 7.85. The summed E-state index contributed by atoms with van der Waals surface area (Å²) in [6.45, 7) is 5.48. The third-order valence-electron chi connectivity index (χ3n) is 5.53. The van der Waals surface area contributed by atoms with E-state index in [1.165, 1.54) is 19.2 Å². The first-order chi connectivity index (χ1) is 16.1. The highest BCUT2D eigenvalue weighted by Crippen LogP contribution is 2.35. The smallest absolute Gasteiger partial charge is 0.227 e. The molecule has 0 fully saturated rings. The van der Waals surface area contributed by atoms with Crippen LogP contribution < -0.4 is 0 Å².